The molecule has 0 atom stereocenters. The van der Waals surface area contributed by atoms with Crippen molar-refractivity contribution in [3.63, 3.8) is 0 Å². The number of ether oxygens (including phenoxy) is 1. The Balaban J connectivity index is 1.70. The summed E-state index contributed by atoms with van der Waals surface area (Å²) in [4.78, 5) is 0. The number of halogens is 2. The second kappa shape index (κ2) is 8.35. The van der Waals surface area contributed by atoms with E-state index in [2.05, 4.69) is 6.92 Å². The van der Waals surface area contributed by atoms with Crippen molar-refractivity contribution in [2.45, 2.75) is 58.3 Å². The molecular formula is C18H26F2O. The summed E-state index contributed by atoms with van der Waals surface area (Å²) in [6.45, 7) is 2.74. The van der Waals surface area contributed by atoms with Crippen molar-refractivity contribution in [2.24, 2.45) is 11.8 Å². The van der Waals surface area contributed by atoms with Crippen LogP contribution in [0.3, 0.4) is 0 Å². The Kier molecular flexibility index (Phi) is 6.47. The van der Waals surface area contributed by atoms with Crippen LogP contribution in [-0.4, -0.2) is 6.61 Å². The van der Waals surface area contributed by atoms with Crippen LogP contribution in [0.2, 0.25) is 0 Å². The minimum atomic E-state index is -0.870. The van der Waals surface area contributed by atoms with Crippen LogP contribution in [0.25, 0.3) is 0 Å². The third kappa shape index (κ3) is 4.98. The van der Waals surface area contributed by atoms with Crippen LogP contribution in [0.1, 0.15) is 58.3 Å². The molecule has 0 amide bonds. The summed E-state index contributed by atoms with van der Waals surface area (Å²) in [5.41, 5.74) is 0. The maximum atomic E-state index is 13.5. The molecule has 0 heterocycles. The molecule has 1 nitrogen and oxygen atoms in total. The Morgan fingerprint density at radius 3 is 2.48 bits per heavy atom. The zero-order chi connectivity index (χ0) is 15.1. The van der Waals surface area contributed by atoms with Gasteiger partial charge >= 0.3 is 0 Å². The lowest BCUT2D eigenvalue weighted by Gasteiger charge is -2.28. The van der Waals surface area contributed by atoms with Gasteiger partial charge in [-0.2, -0.15) is 4.39 Å². The van der Waals surface area contributed by atoms with E-state index in [4.69, 9.17) is 4.74 Å². The second-order valence-electron chi connectivity index (χ2n) is 6.25. The van der Waals surface area contributed by atoms with E-state index in [-0.39, 0.29) is 5.75 Å². The van der Waals surface area contributed by atoms with E-state index in [0.29, 0.717) is 12.5 Å². The predicted molar refractivity (Wildman–Crippen MR) is 81.4 cm³/mol. The van der Waals surface area contributed by atoms with Crippen molar-refractivity contribution < 1.29 is 13.5 Å². The summed E-state index contributed by atoms with van der Waals surface area (Å²) in [6, 6.07) is 4.09. The highest BCUT2D eigenvalue weighted by molar-refractivity contribution is 5.25. The van der Waals surface area contributed by atoms with Crippen molar-refractivity contribution >= 4 is 0 Å². The van der Waals surface area contributed by atoms with Crippen LogP contribution < -0.4 is 4.74 Å². The molecule has 1 aliphatic carbocycles. The summed E-state index contributed by atoms with van der Waals surface area (Å²) >= 11 is 0. The van der Waals surface area contributed by atoms with Gasteiger partial charge in [0, 0.05) is 0 Å². The van der Waals surface area contributed by atoms with E-state index in [1.165, 1.54) is 50.7 Å². The van der Waals surface area contributed by atoms with E-state index in [9.17, 15) is 8.78 Å². The number of unbranched alkanes of at least 4 members (excludes halogenated alkanes) is 2. The first-order valence-corrected chi connectivity index (χ1v) is 8.27. The molecule has 0 aliphatic heterocycles. The van der Waals surface area contributed by atoms with E-state index in [1.54, 1.807) is 0 Å². The Labute approximate surface area is 126 Å². The van der Waals surface area contributed by atoms with Crippen LogP contribution in [0, 0.1) is 23.5 Å². The summed E-state index contributed by atoms with van der Waals surface area (Å²) in [7, 11) is 0. The summed E-state index contributed by atoms with van der Waals surface area (Å²) in [5, 5.41) is 0. The number of hydrogen-bond donors (Lipinski definition) is 0. The summed E-state index contributed by atoms with van der Waals surface area (Å²) in [5.74, 6) is -0.327. The molecular weight excluding hydrogens is 270 g/mol. The maximum Gasteiger partial charge on any atom is 0.200 e. The molecule has 1 saturated carbocycles. The van der Waals surface area contributed by atoms with Crippen LogP contribution in [0.4, 0.5) is 8.78 Å². The fraction of sp³-hybridized carbons (Fsp3) is 0.667. The Morgan fingerprint density at radius 2 is 1.76 bits per heavy atom. The average molecular weight is 296 g/mol. The largest absolute Gasteiger partial charge is 0.490 e. The quantitative estimate of drug-likeness (QED) is 0.584. The highest BCUT2D eigenvalue weighted by Gasteiger charge is 2.21. The minimum absolute atomic E-state index is 0.0417. The molecule has 0 aromatic heterocycles. The zero-order valence-electron chi connectivity index (χ0n) is 12.9. The van der Waals surface area contributed by atoms with Crippen molar-refractivity contribution in [2.75, 3.05) is 6.61 Å². The molecule has 1 aliphatic rings. The van der Waals surface area contributed by atoms with Gasteiger partial charge < -0.3 is 4.74 Å². The van der Waals surface area contributed by atoms with Crippen LogP contribution in [-0.2, 0) is 0 Å². The number of hydrogen-bond acceptors (Lipinski definition) is 1. The van der Waals surface area contributed by atoms with Crippen LogP contribution in [0.15, 0.2) is 18.2 Å². The van der Waals surface area contributed by atoms with Crippen molar-refractivity contribution in [3.8, 4) is 5.75 Å². The number of benzene rings is 1. The fourth-order valence-electron chi connectivity index (χ4n) is 3.17. The van der Waals surface area contributed by atoms with Crippen molar-refractivity contribution in [1.29, 1.82) is 0 Å². The van der Waals surface area contributed by atoms with Crippen LogP contribution in [0.5, 0.6) is 5.75 Å². The smallest absolute Gasteiger partial charge is 0.200 e. The molecule has 0 radical (unpaired) electrons. The van der Waals surface area contributed by atoms with Gasteiger partial charge in [0.05, 0.1) is 6.61 Å². The van der Waals surface area contributed by atoms with Gasteiger partial charge in [0.1, 0.15) is 0 Å². The molecule has 0 spiro atoms. The standard InChI is InChI=1S/C18H26F2O/c1-2-3-4-6-14-9-11-15(12-10-14)13-21-17-8-5-7-16(19)18(17)20/h5,7-8,14-15H,2-4,6,9-13H2,1H3. The monoisotopic (exact) mass is 296 g/mol. The van der Waals surface area contributed by atoms with Crippen molar-refractivity contribution in [1.82, 2.24) is 0 Å². The fourth-order valence-corrected chi connectivity index (χ4v) is 3.17. The topological polar surface area (TPSA) is 9.23 Å². The third-order valence-electron chi connectivity index (χ3n) is 4.57. The SMILES string of the molecule is CCCCCC1CCC(COc2cccc(F)c2F)CC1. The number of rotatable bonds is 7. The summed E-state index contributed by atoms with van der Waals surface area (Å²) < 4.78 is 32.1. The Hall–Kier alpha value is -1.12. The molecule has 1 fully saturated rings. The molecule has 118 valence electrons. The molecule has 1 aromatic carbocycles. The first-order chi connectivity index (χ1) is 10.2. The first kappa shape index (κ1) is 16.3. The van der Waals surface area contributed by atoms with Gasteiger partial charge in [-0.1, -0.05) is 51.5 Å². The Bertz CT molecular complexity index is 425. The maximum absolute atomic E-state index is 13.5. The first-order valence-electron chi connectivity index (χ1n) is 8.27. The average Bonchev–Trinajstić information content (AvgIpc) is 2.50. The molecule has 3 heteroatoms. The van der Waals surface area contributed by atoms with Crippen molar-refractivity contribution in [3.05, 3.63) is 29.8 Å². The van der Waals surface area contributed by atoms with Gasteiger partial charge in [0.2, 0.25) is 5.82 Å². The molecule has 21 heavy (non-hydrogen) atoms. The van der Waals surface area contributed by atoms with Gasteiger partial charge in [0.25, 0.3) is 0 Å². The van der Waals surface area contributed by atoms with Gasteiger partial charge in [-0.15, -0.1) is 0 Å². The van der Waals surface area contributed by atoms with E-state index < -0.39 is 11.6 Å². The summed E-state index contributed by atoms with van der Waals surface area (Å²) in [6.07, 6.45) is 10.1. The predicted octanol–water partition coefficient (Wildman–Crippen LogP) is 5.73. The second-order valence-corrected chi connectivity index (χ2v) is 6.25. The lowest BCUT2D eigenvalue weighted by atomic mass is 9.80. The Morgan fingerprint density at radius 1 is 1.05 bits per heavy atom. The normalized spacial score (nSPS) is 22.2. The highest BCUT2D eigenvalue weighted by Crippen LogP contribution is 2.32. The van der Waals surface area contributed by atoms with Gasteiger partial charge in [-0.3, -0.25) is 0 Å². The van der Waals surface area contributed by atoms with Gasteiger partial charge in [0.15, 0.2) is 11.6 Å². The molecule has 0 N–H and O–H groups in total. The molecule has 1 aromatic rings. The third-order valence-corrected chi connectivity index (χ3v) is 4.57. The molecule has 0 bridgehead atoms. The minimum Gasteiger partial charge on any atom is -0.490 e. The lowest BCUT2D eigenvalue weighted by molar-refractivity contribution is 0.172. The van der Waals surface area contributed by atoms with E-state index in [0.717, 1.165) is 24.8 Å². The van der Waals surface area contributed by atoms with Crippen LogP contribution >= 0.6 is 0 Å². The molecule has 2 rings (SSSR count). The van der Waals surface area contributed by atoms with E-state index in [1.807, 2.05) is 0 Å². The molecule has 0 saturated heterocycles. The molecule has 0 unspecified atom stereocenters. The lowest BCUT2D eigenvalue weighted by Crippen LogP contribution is -2.20. The zero-order valence-corrected chi connectivity index (χ0v) is 12.9. The van der Waals surface area contributed by atoms with E-state index >= 15 is 0 Å². The van der Waals surface area contributed by atoms with Gasteiger partial charge in [-0.05, 0) is 36.8 Å². The van der Waals surface area contributed by atoms with Gasteiger partial charge in [-0.25, -0.2) is 4.39 Å². The highest BCUT2D eigenvalue weighted by atomic mass is 19.2.